The second kappa shape index (κ2) is 15.3. The minimum atomic E-state index is 0.991. The van der Waals surface area contributed by atoms with Crippen molar-refractivity contribution in [1.29, 1.82) is 0 Å². The Labute approximate surface area is 180 Å². The maximum absolute atomic E-state index is 2.47. The highest BCUT2D eigenvalue weighted by Crippen LogP contribution is 2.13. The van der Waals surface area contributed by atoms with Crippen molar-refractivity contribution in [1.82, 2.24) is 4.57 Å². The molecule has 0 N–H and O–H groups in total. The number of unbranched alkanes of at least 4 members (excludes halogenated alkanes) is 11. The van der Waals surface area contributed by atoms with E-state index in [0.717, 1.165) is 13.1 Å². The lowest BCUT2D eigenvalue weighted by Crippen LogP contribution is -2.37. The van der Waals surface area contributed by atoms with Gasteiger partial charge in [0.05, 0.1) is 6.54 Å². The van der Waals surface area contributed by atoms with Crippen LogP contribution >= 0.6 is 0 Å². The average molecular weight is 398 g/mol. The molecule has 2 nitrogen and oxygen atoms in total. The number of benzene rings is 1. The molecule has 1 heterocycles. The van der Waals surface area contributed by atoms with Gasteiger partial charge in [0, 0.05) is 6.42 Å². The first-order valence-corrected chi connectivity index (χ1v) is 12.5. The molecule has 2 aromatic rings. The fraction of sp³-hybridized carbons (Fsp3) is 0.667. The Morgan fingerprint density at radius 3 is 1.86 bits per heavy atom. The lowest BCUT2D eigenvalue weighted by Gasteiger charge is -2.06. The summed E-state index contributed by atoms with van der Waals surface area (Å²) in [4.78, 5) is 0. The predicted octanol–water partition coefficient (Wildman–Crippen LogP) is 7.48. The summed E-state index contributed by atoms with van der Waals surface area (Å²) >= 11 is 0. The van der Waals surface area contributed by atoms with Crippen molar-refractivity contribution >= 4 is 0 Å². The number of rotatable bonds is 17. The summed E-state index contributed by atoms with van der Waals surface area (Å²) in [5.74, 6) is 1.50. The molecular weight excluding hydrogens is 352 g/mol. The van der Waals surface area contributed by atoms with E-state index in [9.17, 15) is 0 Å². The van der Waals surface area contributed by atoms with Crippen LogP contribution in [0, 0.1) is 0 Å². The van der Waals surface area contributed by atoms with Crippen molar-refractivity contribution in [2.45, 2.75) is 117 Å². The van der Waals surface area contributed by atoms with Crippen LogP contribution in [0.25, 0.3) is 0 Å². The minimum Gasteiger partial charge on any atom is -0.234 e. The maximum Gasteiger partial charge on any atom is 0.256 e. The van der Waals surface area contributed by atoms with E-state index in [0.29, 0.717) is 0 Å². The van der Waals surface area contributed by atoms with Gasteiger partial charge in [-0.3, -0.25) is 0 Å². The van der Waals surface area contributed by atoms with E-state index in [1.54, 1.807) is 0 Å². The van der Waals surface area contributed by atoms with Gasteiger partial charge in [0.2, 0.25) is 0 Å². The standard InChI is InChI=1S/C27H45N2/c1-3-5-6-7-8-9-10-11-12-13-14-18-21-27-28(22-4-2)23-24-29(27)25-26-19-16-15-17-20-26/h15-17,19-20,23-24H,3-14,18,21-22,25H2,1-2H3/q+1. The number of aromatic nitrogens is 2. The molecule has 2 heteroatoms. The summed E-state index contributed by atoms with van der Waals surface area (Å²) in [7, 11) is 0. The van der Waals surface area contributed by atoms with Gasteiger partial charge in [0.1, 0.15) is 18.9 Å². The number of hydrogen-bond donors (Lipinski definition) is 0. The molecule has 1 aromatic heterocycles. The topological polar surface area (TPSA) is 8.81 Å². The first-order valence-electron chi connectivity index (χ1n) is 12.5. The second-order valence-corrected chi connectivity index (χ2v) is 8.66. The Bertz CT molecular complexity index is 629. The van der Waals surface area contributed by atoms with Gasteiger partial charge in [-0.2, -0.15) is 0 Å². The highest BCUT2D eigenvalue weighted by atomic mass is 15.1. The van der Waals surface area contributed by atoms with Gasteiger partial charge in [-0.05, 0) is 18.4 Å². The summed E-state index contributed by atoms with van der Waals surface area (Å²) in [6, 6.07) is 10.9. The van der Waals surface area contributed by atoms with Crippen LogP contribution in [0.1, 0.15) is 109 Å². The third-order valence-corrected chi connectivity index (χ3v) is 6.00. The molecule has 0 saturated carbocycles. The van der Waals surface area contributed by atoms with Gasteiger partial charge in [0.15, 0.2) is 0 Å². The van der Waals surface area contributed by atoms with E-state index in [-0.39, 0.29) is 0 Å². The SMILES string of the molecule is CCCCCCCCCCCCCCc1n(Cc2ccccc2)cc[n+]1CCC. The Kier molecular flexibility index (Phi) is 12.5. The van der Waals surface area contributed by atoms with Gasteiger partial charge in [-0.1, -0.05) is 115 Å². The lowest BCUT2D eigenvalue weighted by atomic mass is 10.0. The maximum atomic E-state index is 2.47. The molecule has 0 saturated heterocycles. The largest absolute Gasteiger partial charge is 0.256 e. The molecule has 0 spiro atoms. The molecule has 2 rings (SSSR count). The van der Waals surface area contributed by atoms with E-state index >= 15 is 0 Å². The average Bonchev–Trinajstić information content (AvgIpc) is 3.11. The zero-order valence-corrected chi connectivity index (χ0v) is 19.2. The fourth-order valence-electron chi connectivity index (χ4n) is 4.28. The molecule has 0 bridgehead atoms. The van der Waals surface area contributed by atoms with Crippen LogP contribution in [0.5, 0.6) is 0 Å². The fourth-order valence-corrected chi connectivity index (χ4v) is 4.28. The molecule has 0 amide bonds. The predicted molar refractivity (Wildman–Crippen MR) is 125 cm³/mol. The van der Waals surface area contributed by atoms with Crippen molar-refractivity contribution in [3.8, 4) is 0 Å². The second-order valence-electron chi connectivity index (χ2n) is 8.66. The zero-order valence-electron chi connectivity index (χ0n) is 19.2. The number of nitrogens with zero attached hydrogens (tertiary/aromatic N) is 2. The molecule has 0 unspecified atom stereocenters. The van der Waals surface area contributed by atoms with Gasteiger partial charge >= 0.3 is 0 Å². The molecule has 0 atom stereocenters. The molecule has 0 aliphatic carbocycles. The number of aryl methyl sites for hydroxylation is 1. The Hall–Kier alpha value is -1.57. The third-order valence-electron chi connectivity index (χ3n) is 6.00. The molecule has 0 aliphatic heterocycles. The highest BCUT2D eigenvalue weighted by Gasteiger charge is 2.16. The van der Waals surface area contributed by atoms with E-state index in [1.165, 1.54) is 101 Å². The highest BCUT2D eigenvalue weighted by molar-refractivity contribution is 5.15. The van der Waals surface area contributed by atoms with Crippen molar-refractivity contribution in [2.75, 3.05) is 0 Å². The zero-order chi connectivity index (χ0) is 20.6. The van der Waals surface area contributed by atoms with E-state index in [1.807, 2.05) is 0 Å². The molecular formula is C27H45N2+. The van der Waals surface area contributed by atoms with Crippen LogP contribution < -0.4 is 4.57 Å². The van der Waals surface area contributed by atoms with Crippen LogP contribution in [0.3, 0.4) is 0 Å². The molecule has 1 aromatic carbocycles. The Morgan fingerprint density at radius 1 is 0.690 bits per heavy atom. The summed E-state index contributed by atoms with van der Waals surface area (Å²) in [5.41, 5.74) is 1.39. The third kappa shape index (κ3) is 9.65. The van der Waals surface area contributed by atoms with Crippen molar-refractivity contribution in [3.63, 3.8) is 0 Å². The smallest absolute Gasteiger partial charge is 0.234 e. The number of imidazole rings is 1. The molecule has 0 fully saturated rings. The van der Waals surface area contributed by atoms with Crippen molar-refractivity contribution < 1.29 is 4.57 Å². The normalized spacial score (nSPS) is 11.2. The molecule has 0 radical (unpaired) electrons. The first-order chi connectivity index (χ1) is 14.3. The van der Waals surface area contributed by atoms with Crippen LogP contribution in [0.4, 0.5) is 0 Å². The quantitative estimate of drug-likeness (QED) is 0.193. The van der Waals surface area contributed by atoms with E-state index < -0.39 is 0 Å². The monoisotopic (exact) mass is 397 g/mol. The lowest BCUT2D eigenvalue weighted by molar-refractivity contribution is -0.703. The van der Waals surface area contributed by atoms with Gasteiger partial charge < -0.3 is 0 Å². The first kappa shape index (κ1) is 23.7. The van der Waals surface area contributed by atoms with E-state index in [4.69, 9.17) is 0 Å². The Morgan fingerprint density at radius 2 is 1.28 bits per heavy atom. The Balaban J connectivity index is 1.64. The van der Waals surface area contributed by atoms with E-state index in [2.05, 4.69) is 65.7 Å². The summed E-state index contributed by atoms with van der Waals surface area (Å²) in [6.45, 7) is 6.69. The van der Waals surface area contributed by atoms with Crippen LogP contribution in [0.15, 0.2) is 42.7 Å². The summed E-state index contributed by atoms with van der Waals surface area (Å²) < 4.78 is 4.94. The van der Waals surface area contributed by atoms with Gasteiger partial charge in [-0.15, -0.1) is 0 Å². The van der Waals surface area contributed by atoms with Crippen LogP contribution in [-0.2, 0) is 19.5 Å². The molecule has 162 valence electrons. The van der Waals surface area contributed by atoms with Crippen LogP contribution in [-0.4, -0.2) is 4.57 Å². The van der Waals surface area contributed by atoms with Crippen molar-refractivity contribution in [3.05, 3.63) is 54.1 Å². The molecule has 0 aliphatic rings. The van der Waals surface area contributed by atoms with Crippen molar-refractivity contribution in [2.24, 2.45) is 0 Å². The summed E-state index contributed by atoms with van der Waals surface area (Å²) in [5, 5.41) is 0. The molecule has 29 heavy (non-hydrogen) atoms. The minimum absolute atomic E-state index is 0.991. The van der Waals surface area contributed by atoms with Gasteiger partial charge in [-0.25, -0.2) is 9.13 Å². The van der Waals surface area contributed by atoms with Crippen LogP contribution in [0.2, 0.25) is 0 Å². The van der Waals surface area contributed by atoms with Gasteiger partial charge in [0.25, 0.3) is 5.82 Å². The summed E-state index contributed by atoms with van der Waals surface area (Å²) in [6.07, 6.45) is 24.0. The number of hydrogen-bond acceptors (Lipinski definition) is 0.